The maximum absolute atomic E-state index is 14.5. The molecule has 0 amide bonds. The van der Waals surface area contributed by atoms with Gasteiger partial charge < -0.3 is 9.47 Å². The molecule has 0 saturated carbocycles. The minimum Gasteiger partial charge on any atom is -0.423 e. The molecule has 0 fully saturated rings. The third-order valence-electron chi connectivity index (χ3n) is 4.15. The molecular formula is C21H13F7N2O3. The molecule has 0 N–H and O–H groups in total. The van der Waals surface area contributed by atoms with E-state index in [1.807, 2.05) is 6.92 Å². The van der Waals surface area contributed by atoms with Crippen molar-refractivity contribution in [3.63, 3.8) is 0 Å². The number of hydrogen-bond donors (Lipinski definition) is 0. The minimum atomic E-state index is -5.38. The van der Waals surface area contributed by atoms with Gasteiger partial charge in [0, 0.05) is 30.1 Å². The van der Waals surface area contributed by atoms with Crippen molar-refractivity contribution in [3.8, 4) is 22.9 Å². The first-order valence-electron chi connectivity index (χ1n) is 9.25. The molecule has 5 nitrogen and oxygen atoms in total. The van der Waals surface area contributed by atoms with Gasteiger partial charge in [0.15, 0.2) is 17.5 Å². The number of benzene rings is 2. The van der Waals surface area contributed by atoms with Gasteiger partial charge in [0.1, 0.15) is 22.9 Å². The van der Waals surface area contributed by atoms with Crippen LogP contribution in [0, 0.1) is 23.3 Å². The van der Waals surface area contributed by atoms with Crippen molar-refractivity contribution in [2.24, 2.45) is 0 Å². The SMILES string of the molecule is CCCc1cnc(-c2cc(F)c(C(=O)Oc3cc(F)c(OC(F)(F)F)c(F)c3)c(F)c2)nc1. The zero-order valence-corrected chi connectivity index (χ0v) is 16.6. The fraction of sp³-hybridized carbons (Fsp3) is 0.190. The average Bonchev–Trinajstić information content (AvgIpc) is 2.70. The van der Waals surface area contributed by atoms with Gasteiger partial charge in [-0.3, -0.25) is 0 Å². The smallest absolute Gasteiger partial charge is 0.423 e. The molecular weight excluding hydrogens is 461 g/mol. The lowest BCUT2D eigenvalue weighted by Gasteiger charge is -2.12. The Morgan fingerprint density at radius 2 is 1.45 bits per heavy atom. The summed E-state index contributed by atoms with van der Waals surface area (Å²) < 4.78 is 101. The predicted octanol–water partition coefficient (Wildman–Crippen LogP) is 5.77. The number of carbonyl (C=O) groups excluding carboxylic acids is 1. The fourth-order valence-corrected chi connectivity index (χ4v) is 2.79. The first-order valence-corrected chi connectivity index (χ1v) is 9.25. The van der Waals surface area contributed by atoms with Crippen LogP contribution in [-0.4, -0.2) is 22.3 Å². The summed E-state index contributed by atoms with van der Waals surface area (Å²) in [5, 5.41) is 0. The summed E-state index contributed by atoms with van der Waals surface area (Å²) in [5.74, 6) is -10.9. The van der Waals surface area contributed by atoms with Crippen molar-refractivity contribution in [2.45, 2.75) is 26.1 Å². The standard InChI is InChI=1S/C21H13F7N2O3/c1-2-3-10-8-29-19(30-9-10)11-4-13(22)17(14(23)5-11)20(31)32-12-6-15(24)18(16(25)7-12)33-21(26,27)28/h4-9H,2-3H2,1H3. The van der Waals surface area contributed by atoms with Crippen molar-refractivity contribution in [2.75, 3.05) is 0 Å². The summed E-state index contributed by atoms with van der Waals surface area (Å²) in [6.07, 6.45) is -0.862. The quantitative estimate of drug-likeness (QED) is 0.258. The molecule has 0 atom stereocenters. The van der Waals surface area contributed by atoms with Gasteiger partial charge in [0.25, 0.3) is 0 Å². The molecule has 0 bridgehead atoms. The van der Waals surface area contributed by atoms with E-state index in [1.165, 1.54) is 12.4 Å². The molecule has 3 aromatic rings. The number of nitrogens with zero attached hydrogens (tertiary/aromatic N) is 2. The normalized spacial score (nSPS) is 11.4. The van der Waals surface area contributed by atoms with E-state index in [0.717, 1.165) is 24.1 Å². The van der Waals surface area contributed by atoms with Crippen LogP contribution in [0.2, 0.25) is 0 Å². The molecule has 0 saturated heterocycles. The first-order chi connectivity index (χ1) is 15.5. The summed E-state index contributed by atoms with van der Waals surface area (Å²) in [6.45, 7) is 1.95. The minimum absolute atomic E-state index is 0.0167. The largest absolute Gasteiger partial charge is 0.573 e. The maximum Gasteiger partial charge on any atom is 0.573 e. The number of aryl methyl sites for hydroxylation is 1. The summed E-state index contributed by atoms with van der Waals surface area (Å²) in [4.78, 5) is 20.2. The number of rotatable bonds is 6. The Balaban J connectivity index is 1.84. The van der Waals surface area contributed by atoms with Crippen molar-refractivity contribution in [3.05, 3.63) is 71.1 Å². The van der Waals surface area contributed by atoms with Crippen LogP contribution in [0.5, 0.6) is 11.5 Å². The van der Waals surface area contributed by atoms with E-state index in [2.05, 4.69) is 19.4 Å². The van der Waals surface area contributed by atoms with Crippen LogP contribution in [0.4, 0.5) is 30.7 Å². The second kappa shape index (κ2) is 9.43. The average molecular weight is 474 g/mol. The molecule has 1 aromatic heterocycles. The lowest BCUT2D eigenvalue weighted by atomic mass is 10.1. The van der Waals surface area contributed by atoms with Crippen molar-refractivity contribution < 1.29 is 45.0 Å². The monoisotopic (exact) mass is 474 g/mol. The highest BCUT2D eigenvalue weighted by Gasteiger charge is 2.34. The van der Waals surface area contributed by atoms with E-state index in [9.17, 15) is 35.5 Å². The Labute approximate surface area is 181 Å². The van der Waals surface area contributed by atoms with Gasteiger partial charge in [-0.25, -0.2) is 32.3 Å². The maximum atomic E-state index is 14.5. The highest BCUT2D eigenvalue weighted by Crippen LogP contribution is 2.32. The predicted molar refractivity (Wildman–Crippen MR) is 99.4 cm³/mol. The van der Waals surface area contributed by atoms with Crippen molar-refractivity contribution in [1.29, 1.82) is 0 Å². The number of halogens is 7. The molecule has 0 aliphatic rings. The highest BCUT2D eigenvalue weighted by molar-refractivity contribution is 5.92. The van der Waals surface area contributed by atoms with Crippen LogP contribution in [0.3, 0.4) is 0 Å². The summed E-state index contributed by atoms with van der Waals surface area (Å²) in [5.41, 5.74) is -0.471. The molecule has 0 spiro atoms. The van der Waals surface area contributed by atoms with Crippen LogP contribution >= 0.6 is 0 Å². The van der Waals surface area contributed by atoms with Crippen LogP contribution in [-0.2, 0) is 6.42 Å². The molecule has 12 heteroatoms. The number of alkyl halides is 3. The van der Waals surface area contributed by atoms with Gasteiger partial charge in [-0.05, 0) is 24.1 Å². The first kappa shape index (κ1) is 24.0. The van der Waals surface area contributed by atoms with Crippen LogP contribution in [0.25, 0.3) is 11.4 Å². The lowest BCUT2D eigenvalue weighted by Crippen LogP contribution is -2.19. The van der Waals surface area contributed by atoms with Crippen LogP contribution in [0.15, 0.2) is 36.7 Å². The van der Waals surface area contributed by atoms with Crippen LogP contribution in [0.1, 0.15) is 29.3 Å². The van der Waals surface area contributed by atoms with E-state index < -0.39 is 52.7 Å². The third kappa shape index (κ3) is 5.76. The Bertz CT molecular complexity index is 1140. The Morgan fingerprint density at radius 3 is 1.94 bits per heavy atom. The number of carbonyl (C=O) groups is 1. The topological polar surface area (TPSA) is 61.3 Å². The van der Waals surface area contributed by atoms with E-state index in [4.69, 9.17) is 0 Å². The molecule has 2 aromatic carbocycles. The third-order valence-corrected chi connectivity index (χ3v) is 4.15. The highest BCUT2D eigenvalue weighted by atomic mass is 19.4. The number of hydrogen-bond acceptors (Lipinski definition) is 5. The second-order valence-corrected chi connectivity index (χ2v) is 6.63. The summed E-state index contributed by atoms with van der Waals surface area (Å²) in [7, 11) is 0. The molecule has 1 heterocycles. The molecule has 33 heavy (non-hydrogen) atoms. The molecule has 0 radical (unpaired) electrons. The number of ether oxygens (including phenoxy) is 2. The van der Waals surface area contributed by atoms with E-state index in [-0.39, 0.29) is 23.5 Å². The molecule has 0 aliphatic heterocycles. The molecule has 0 aliphatic carbocycles. The zero-order chi connectivity index (χ0) is 24.3. The van der Waals surface area contributed by atoms with E-state index in [1.54, 1.807) is 0 Å². The molecule has 0 unspecified atom stereocenters. The van der Waals surface area contributed by atoms with Gasteiger partial charge in [0.05, 0.1) is 0 Å². The van der Waals surface area contributed by atoms with Gasteiger partial charge in [-0.2, -0.15) is 0 Å². The fourth-order valence-electron chi connectivity index (χ4n) is 2.79. The van der Waals surface area contributed by atoms with Gasteiger partial charge in [0.2, 0.25) is 5.75 Å². The van der Waals surface area contributed by atoms with Gasteiger partial charge in [-0.15, -0.1) is 13.2 Å². The van der Waals surface area contributed by atoms with Crippen LogP contribution < -0.4 is 9.47 Å². The number of aromatic nitrogens is 2. The van der Waals surface area contributed by atoms with E-state index in [0.29, 0.717) is 6.42 Å². The van der Waals surface area contributed by atoms with Gasteiger partial charge in [-0.1, -0.05) is 13.3 Å². The van der Waals surface area contributed by atoms with E-state index >= 15 is 0 Å². The number of esters is 1. The summed E-state index contributed by atoms with van der Waals surface area (Å²) in [6, 6.07) is 1.90. The van der Waals surface area contributed by atoms with Crippen molar-refractivity contribution in [1.82, 2.24) is 9.97 Å². The summed E-state index contributed by atoms with van der Waals surface area (Å²) >= 11 is 0. The zero-order valence-electron chi connectivity index (χ0n) is 16.6. The van der Waals surface area contributed by atoms with Gasteiger partial charge >= 0.3 is 12.3 Å². The Kier molecular flexibility index (Phi) is 6.84. The second-order valence-electron chi connectivity index (χ2n) is 6.63. The molecule has 3 rings (SSSR count). The molecule has 174 valence electrons. The Morgan fingerprint density at radius 1 is 0.909 bits per heavy atom. The van der Waals surface area contributed by atoms with Crippen molar-refractivity contribution >= 4 is 5.97 Å². The Hall–Kier alpha value is -3.70. The lowest BCUT2D eigenvalue weighted by molar-refractivity contribution is -0.276.